The number of benzene rings is 1. The zero-order chi connectivity index (χ0) is 21.0. The Morgan fingerprint density at radius 1 is 1.45 bits per heavy atom. The number of aromatic nitrogens is 1. The van der Waals surface area contributed by atoms with Gasteiger partial charge in [0.25, 0.3) is 12.3 Å². The second kappa shape index (κ2) is 9.72. The topological polar surface area (TPSA) is 93.4 Å². The highest BCUT2D eigenvalue weighted by Crippen LogP contribution is 2.47. The first kappa shape index (κ1) is 21.8. The molecule has 8 nitrogen and oxygen atoms in total. The van der Waals surface area contributed by atoms with E-state index in [1.807, 2.05) is 25.1 Å². The van der Waals surface area contributed by atoms with Gasteiger partial charge < -0.3 is 19.3 Å². The maximum atomic E-state index is 10.9. The summed E-state index contributed by atoms with van der Waals surface area (Å²) >= 11 is 8.52. The van der Waals surface area contributed by atoms with E-state index in [-0.39, 0.29) is 16.4 Å². The fraction of sp³-hybridized carbons (Fsp3) is 0.235. The molecule has 2 N–H and O–H groups in total. The van der Waals surface area contributed by atoms with Crippen molar-refractivity contribution in [3.05, 3.63) is 37.8 Å². The van der Waals surface area contributed by atoms with Crippen molar-refractivity contribution in [3.8, 4) is 11.6 Å². The van der Waals surface area contributed by atoms with Crippen molar-refractivity contribution in [3.63, 3.8) is 0 Å². The van der Waals surface area contributed by atoms with Gasteiger partial charge in [0.2, 0.25) is 5.88 Å². The number of carboxylic acid groups (broad SMARTS) is 1. The minimum absolute atomic E-state index is 0.176. The molecule has 0 radical (unpaired) electrons. The number of fused-ring (bicyclic) bond motifs is 1. The largest absolute Gasteiger partial charge is 0.493 e. The standard InChI is InChI=1S/C17H16N2O6S4/c1-3-18-11-8-10(24-29-25-23-2)4-5-12(11)27-14(18)7-6-13-16(22)19(9-15(20)21)17(26)28-13/h4-6,8,22H,3,9H2,1-2H3,(H,20,21). The fourth-order valence-corrected chi connectivity index (χ4v) is 5.06. The number of hydrogen-bond donors (Lipinski definition) is 2. The van der Waals surface area contributed by atoms with Crippen LogP contribution in [0.15, 0.2) is 33.9 Å². The Hall–Kier alpha value is -1.92. The van der Waals surface area contributed by atoms with Crippen LogP contribution in [0.5, 0.6) is 11.6 Å². The lowest BCUT2D eigenvalue weighted by Crippen LogP contribution is -2.15. The predicted molar refractivity (Wildman–Crippen MR) is 116 cm³/mol. The minimum atomic E-state index is -1.07. The highest BCUT2D eigenvalue weighted by Gasteiger charge is 2.24. The molecule has 0 aliphatic carbocycles. The molecule has 0 saturated heterocycles. The van der Waals surface area contributed by atoms with Crippen molar-refractivity contribution >= 4 is 65.4 Å². The second-order valence-corrected chi connectivity index (χ2v) is 8.64. The third-order valence-electron chi connectivity index (χ3n) is 3.73. The van der Waals surface area contributed by atoms with Crippen LogP contribution in [-0.2, 0) is 20.6 Å². The van der Waals surface area contributed by atoms with E-state index in [0.29, 0.717) is 17.2 Å². The summed E-state index contributed by atoms with van der Waals surface area (Å²) in [5, 5.41) is 20.1. The number of aromatic hydroxyl groups is 1. The van der Waals surface area contributed by atoms with Gasteiger partial charge in [-0.25, -0.2) is 4.89 Å². The molecule has 1 aromatic carbocycles. The Balaban J connectivity index is 1.88. The van der Waals surface area contributed by atoms with Crippen LogP contribution >= 0.6 is 47.6 Å². The Bertz CT molecular complexity index is 1040. The lowest BCUT2D eigenvalue weighted by molar-refractivity contribution is -0.164. The van der Waals surface area contributed by atoms with E-state index >= 15 is 0 Å². The van der Waals surface area contributed by atoms with E-state index in [0.717, 1.165) is 39.3 Å². The summed E-state index contributed by atoms with van der Waals surface area (Å²) in [6.45, 7) is 2.32. The summed E-state index contributed by atoms with van der Waals surface area (Å²) in [5.74, 6) is -0.643. The molecule has 0 atom stereocenters. The van der Waals surface area contributed by atoms with Crippen LogP contribution in [0.2, 0.25) is 0 Å². The quantitative estimate of drug-likeness (QED) is 0.141. The summed E-state index contributed by atoms with van der Waals surface area (Å²) in [7, 11) is 1.39. The molecule has 1 aliphatic rings. The molecule has 2 heterocycles. The second-order valence-electron chi connectivity index (χ2n) is 5.49. The summed E-state index contributed by atoms with van der Waals surface area (Å²) < 4.78 is 11.5. The molecule has 1 aromatic heterocycles. The summed E-state index contributed by atoms with van der Waals surface area (Å²) in [6.07, 6.45) is 1.62. The first-order valence-electron chi connectivity index (χ1n) is 8.19. The normalized spacial score (nSPS) is 12.6. The molecular formula is C17H16N2O6S4. The number of carbonyl (C=O) groups is 1. The smallest absolute Gasteiger partial charge is 0.323 e. The van der Waals surface area contributed by atoms with Crippen LogP contribution in [0.25, 0.3) is 6.08 Å². The Morgan fingerprint density at radius 3 is 2.93 bits per heavy atom. The van der Waals surface area contributed by atoms with Crippen LogP contribution in [0.4, 0.5) is 5.69 Å². The molecule has 0 saturated carbocycles. The van der Waals surface area contributed by atoms with Gasteiger partial charge in [-0.15, -0.1) is 15.7 Å². The van der Waals surface area contributed by atoms with Gasteiger partial charge in [0, 0.05) is 23.6 Å². The van der Waals surface area contributed by atoms with Crippen LogP contribution in [0.1, 0.15) is 11.8 Å². The number of anilines is 1. The van der Waals surface area contributed by atoms with Crippen LogP contribution < -0.4 is 9.08 Å². The summed E-state index contributed by atoms with van der Waals surface area (Å²) in [4.78, 5) is 18.9. The van der Waals surface area contributed by atoms with Gasteiger partial charge in [0.15, 0.2) is 3.95 Å². The molecule has 2 aromatic rings. The first-order valence-corrected chi connectivity index (χ1v) is 10.9. The van der Waals surface area contributed by atoms with Gasteiger partial charge in [0.05, 0.1) is 17.7 Å². The molecule has 0 spiro atoms. The summed E-state index contributed by atoms with van der Waals surface area (Å²) in [6, 6.07) is 5.64. The van der Waals surface area contributed by atoms with Crippen molar-refractivity contribution in [1.29, 1.82) is 0 Å². The van der Waals surface area contributed by atoms with Gasteiger partial charge in [0.1, 0.15) is 17.3 Å². The van der Waals surface area contributed by atoms with Crippen LogP contribution in [0.3, 0.4) is 0 Å². The number of aliphatic carboxylic acids is 1. The van der Waals surface area contributed by atoms with Crippen molar-refractivity contribution < 1.29 is 28.4 Å². The molecule has 154 valence electrons. The van der Waals surface area contributed by atoms with Crippen LogP contribution in [-0.4, -0.2) is 34.4 Å². The predicted octanol–water partition coefficient (Wildman–Crippen LogP) is 4.67. The highest BCUT2D eigenvalue weighted by atomic mass is 32.2. The molecule has 12 heteroatoms. The van der Waals surface area contributed by atoms with E-state index in [4.69, 9.17) is 21.5 Å². The van der Waals surface area contributed by atoms with E-state index in [9.17, 15) is 9.90 Å². The molecule has 3 rings (SSSR count). The average molecular weight is 473 g/mol. The van der Waals surface area contributed by atoms with Gasteiger partial charge in [-0.2, -0.15) is 0 Å². The van der Waals surface area contributed by atoms with E-state index < -0.39 is 5.97 Å². The van der Waals surface area contributed by atoms with Gasteiger partial charge in [-0.05, 0) is 31.3 Å². The van der Waals surface area contributed by atoms with Crippen LogP contribution in [0, 0.1) is 3.95 Å². The van der Waals surface area contributed by atoms with Gasteiger partial charge in [-0.3, -0.25) is 9.36 Å². The Morgan fingerprint density at radius 2 is 2.24 bits per heavy atom. The molecule has 0 bridgehead atoms. The monoisotopic (exact) mass is 472 g/mol. The number of nitrogens with zero attached hydrogens (tertiary/aromatic N) is 2. The van der Waals surface area contributed by atoms with E-state index in [2.05, 4.69) is 19.9 Å². The molecular weight excluding hydrogens is 456 g/mol. The Kier molecular flexibility index (Phi) is 7.30. The lowest BCUT2D eigenvalue weighted by atomic mass is 10.3. The van der Waals surface area contributed by atoms with E-state index in [1.165, 1.54) is 23.4 Å². The maximum absolute atomic E-state index is 10.9. The molecule has 1 aliphatic heterocycles. The summed E-state index contributed by atoms with van der Waals surface area (Å²) in [5.41, 5.74) is 4.15. The van der Waals surface area contributed by atoms with Gasteiger partial charge >= 0.3 is 5.97 Å². The number of thiazole rings is 1. The lowest BCUT2D eigenvalue weighted by Gasteiger charge is -2.16. The number of rotatable bonds is 8. The number of carboxylic acids is 1. The first-order chi connectivity index (χ1) is 13.9. The third kappa shape index (κ3) is 4.98. The maximum Gasteiger partial charge on any atom is 0.323 e. The number of thioether (sulfide) groups is 1. The van der Waals surface area contributed by atoms with Crippen molar-refractivity contribution in [1.82, 2.24) is 4.57 Å². The molecule has 0 fully saturated rings. The third-order valence-corrected chi connectivity index (χ3v) is 6.66. The molecule has 0 amide bonds. The number of hydrogen-bond acceptors (Lipinski definition) is 10. The Labute approximate surface area is 184 Å². The molecule has 29 heavy (non-hydrogen) atoms. The SMILES string of the molecule is CCN1C(=C=Cc2sc(=S)n(CC(=O)O)c2O)Sc2ccc(OSOOC)cc21. The van der Waals surface area contributed by atoms with E-state index in [1.54, 1.807) is 6.08 Å². The minimum Gasteiger partial charge on any atom is -0.493 e. The zero-order valence-electron chi connectivity index (χ0n) is 15.3. The molecule has 0 unspecified atom stereocenters. The highest BCUT2D eigenvalue weighted by molar-refractivity contribution is 8.03. The van der Waals surface area contributed by atoms with Crippen molar-refractivity contribution in [2.45, 2.75) is 18.4 Å². The van der Waals surface area contributed by atoms with Crippen molar-refractivity contribution in [2.24, 2.45) is 0 Å². The van der Waals surface area contributed by atoms with Gasteiger partial charge in [-0.1, -0.05) is 17.5 Å². The zero-order valence-corrected chi connectivity index (χ0v) is 18.5. The average Bonchev–Trinajstić information content (AvgIpc) is 3.17. The fourth-order valence-electron chi connectivity index (χ4n) is 2.53. The van der Waals surface area contributed by atoms with Crippen molar-refractivity contribution in [2.75, 3.05) is 18.6 Å².